The monoisotopic (exact) mass is 221 g/mol. The first-order chi connectivity index (χ1) is 7.22. The van der Waals surface area contributed by atoms with Gasteiger partial charge in [-0.25, -0.2) is 0 Å². The van der Waals surface area contributed by atoms with E-state index in [2.05, 4.69) is 5.10 Å². The molecule has 2 aromatic rings. The minimum atomic E-state index is 0.498. The van der Waals surface area contributed by atoms with Crippen LogP contribution in [0.4, 0.5) is 0 Å². The van der Waals surface area contributed by atoms with Gasteiger partial charge in [-0.2, -0.15) is 5.10 Å². The Hall–Kier alpha value is -1.32. The van der Waals surface area contributed by atoms with Crippen molar-refractivity contribution in [2.24, 2.45) is 12.8 Å². The fourth-order valence-electron chi connectivity index (χ4n) is 1.60. The van der Waals surface area contributed by atoms with Crippen molar-refractivity contribution in [1.29, 1.82) is 0 Å². The van der Waals surface area contributed by atoms with Crippen LogP contribution >= 0.6 is 11.6 Å². The van der Waals surface area contributed by atoms with Gasteiger partial charge in [0, 0.05) is 30.4 Å². The molecule has 0 radical (unpaired) electrons. The van der Waals surface area contributed by atoms with Crippen molar-refractivity contribution in [3.05, 3.63) is 41.0 Å². The van der Waals surface area contributed by atoms with Crippen molar-refractivity contribution in [2.45, 2.75) is 6.54 Å². The van der Waals surface area contributed by atoms with Crippen molar-refractivity contribution in [3.63, 3.8) is 0 Å². The number of aromatic nitrogens is 2. The normalized spacial score (nSPS) is 10.6. The summed E-state index contributed by atoms with van der Waals surface area (Å²) in [6, 6.07) is 7.67. The van der Waals surface area contributed by atoms with E-state index in [0.717, 1.165) is 16.8 Å². The van der Waals surface area contributed by atoms with Crippen LogP contribution in [0.5, 0.6) is 0 Å². The summed E-state index contributed by atoms with van der Waals surface area (Å²) in [6.45, 7) is 0.498. The van der Waals surface area contributed by atoms with Gasteiger partial charge < -0.3 is 5.73 Å². The molecule has 0 fully saturated rings. The lowest BCUT2D eigenvalue weighted by Crippen LogP contribution is -2.01. The summed E-state index contributed by atoms with van der Waals surface area (Å²) in [5.41, 5.74) is 8.83. The first-order valence-corrected chi connectivity index (χ1v) is 5.07. The largest absolute Gasteiger partial charge is 0.326 e. The van der Waals surface area contributed by atoms with E-state index in [1.165, 1.54) is 0 Å². The third kappa shape index (κ3) is 1.89. The van der Waals surface area contributed by atoms with Gasteiger partial charge in [-0.05, 0) is 23.8 Å². The van der Waals surface area contributed by atoms with Gasteiger partial charge in [0.15, 0.2) is 0 Å². The molecule has 3 nitrogen and oxygen atoms in total. The minimum absolute atomic E-state index is 0.498. The second-order valence-corrected chi connectivity index (χ2v) is 3.78. The first-order valence-electron chi connectivity index (χ1n) is 4.69. The van der Waals surface area contributed by atoms with Crippen LogP contribution in [0.15, 0.2) is 30.5 Å². The number of aryl methyl sites for hydroxylation is 1. The Morgan fingerprint density at radius 1 is 1.40 bits per heavy atom. The summed E-state index contributed by atoms with van der Waals surface area (Å²) in [6.07, 6.45) is 1.76. The summed E-state index contributed by atoms with van der Waals surface area (Å²) in [5.74, 6) is 0. The molecule has 1 aromatic heterocycles. The number of nitrogens with zero attached hydrogens (tertiary/aromatic N) is 2. The Labute approximate surface area is 93.5 Å². The molecule has 0 unspecified atom stereocenters. The summed E-state index contributed by atoms with van der Waals surface area (Å²) in [7, 11) is 1.90. The van der Waals surface area contributed by atoms with Crippen LogP contribution in [-0.2, 0) is 13.6 Å². The van der Waals surface area contributed by atoms with E-state index >= 15 is 0 Å². The smallest absolute Gasteiger partial charge is 0.0682 e. The van der Waals surface area contributed by atoms with E-state index in [4.69, 9.17) is 17.3 Å². The molecule has 1 heterocycles. The zero-order chi connectivity index (χ0) is 10.8. The fourth-order valence-corrected chi connectivity index (χ4v) is 1.78. The van der Waals surface area contributed by atoms with E-state index in [1.54, 1.807) is 6.20 Å². The lowest BCUT2D eigenvalue weighted by molar-refractivity contribution is 0.774. The molecule has 0 spiro atoms. The third-order valence-corrected chi connectivity index (χ3v) is 2.62. The number of halogens is 1. The highest BCUT2D eigenvalue weighted by Crippen LogP contribution is 2.26. The van der Waals surface area contributed by atoms with Crippen molar-refractivity contribution in [1.82, 2.24) is 9.78 Å². The first kappa shape index (κ1) is 10.2. The van der Waals surface area contributed by atoms with Crippen LogP contribution in [0.3, 0.4) is 0 Å². The summed E-state index contributed by atoms with van der Waals surface area (Å²) >= 11 is 5.97. The topological polar surface area (TPSA) is 43.8 Å². The molecule has 15 heavy (non-hydrogen) atoms. The Morgan fingerprint density at radius 2 is 2.20 bits per heavy atom. The highest BCUT2D eigenvalue weighted by atomic mass is 35.5. The second-order valence-electron chi connectivity index (χ2n) is 3.35. The van der Waals surface area contributed by atoms with E-state index in [-0.39, 0.29) is 0 Å². The van der Waals surface area contributed by atoms with Gasteiger partial charge in [0.05, 0.1) is 5.69 Å². The van der Waals surface area contributed by atoms with Crippen LogP contribution in [0.1, 0.15) is 5.56 Å². The molecule has 0 saturated heterocycles. The lowest BCUT2D eigenvalue weighted by Gasteiger charge is -2.08. The van der Waals surface area contributed by atoms with Gasteiger partial charge in [0.25, 0.3) is 0 Å². The molecule has 0 aliphatic carbocycles. The van der Waals surface area contributed by atoms with Crippen LogP contribution < -0.4 is 5.73 Å². The van der Waals surface area contributed by atoms with Crippen LogP contribution in [0, 0.1) is 0 Å². The maximum atomic E-state index is 5.97. The molecule has 0 bridgehead atoms. The van der Waals surface area contributed by atoms with E-state index in [9.17, 15) is 0 Å². The Kier molecular flexibility index (Phi) is 2.75. The average molecular weight is 222 g/mol. The molecule has 4 heteroatoms. The molecule has 0 aliphatic rings. The number of benzene rings is 1. The molecule has 2 N–H and O–H groups in total. The Balaban J connectivity index is 2.60. The maximum Gasteiger partial charge on any atom is 0.0682 e. The van der Waals surface area contributed by atoms with Crippen molar-refractivity contribution in [2.75, 3.05) is 0 Å². The summed E-state index contributed by atoms with van der Waals surface area (Å²) < 4.78 is 1.81. The molecule has 0 atom stereocenters. The van der Waals surface area contributed by atoms with Crippen molar-refractivity contribution < 1.29 is 0 Å². The number of rotatable bonds is 2. The Bertz CT molecular complexity index is 476. The number of hydrogen-bond acceptors (Lipinski definition) is 2. The highest BCUT2D eigenvalue weighted by molar-refractivity contribution is 6.30. The molecular formula is C11H12ClN3. The standard InChI is InChI=1S/C11H12ClN3/c1-15-11(4-5-14-15)10-6-9(12)3-2-8(10)7-13/h2-6H,7,13H2,1H3. The predicted molar refractivity (Wildman–Crippen MR) is 61.5 cm³/mol. The number of nitrogens with two attached hydrogens (primary N) is 1. The summed E-state index contributed by atoms with van der Waals surface area (Å²) in [5, 5.41) is 4.84. The maximum absolute atomic E-state index is 5.97. The fraction of sp³-hybridized carbons (Fsp3) is 0.182. The molecule has 0 aliphatic heterocycles. The molecule has 1 aromatic carbocycles. The zero-order valence-corrected chi connectivity index (χ0v) is 9.20. The van der Waals surface area contributed by atoms with E-state index < -0.39 is 0 Å². The van der Waals surface area contributed by atoms with Gasteiger partial charge in [0.1, 0.15) is 0 Å². The van der Waals surface area contributed by atoms with Crippen LogP contribution in [0.25, 0.3) is 11.3 Å². The van der Waals surface area contributed by atoms with Gasteiger partial charge in [-0.1, -0.05) is 17.7 Å². The quantitative estimate of drug-likeness (QED) is 0.845. The lowest BCUT2D eigenvalue weighted by atomic mass is 10.0. The Morgan fingerprint density at radius 3 is 2.80 bits per heavy atom. The minimum Gasteiger partial charge on any atom is -0.326 e. The number of hydrogen-bond donors (Lipinski definition) is 1. The van der Waals surface area contributed by atoms with Crippen LogP contribution in [0.2, 0.25) is 5.02 Å². The van der Waals surface area contributed by atoms with E-state index in [0.29, 0.717) is 11.6 Å². The van der Waals surface area contributed by atoms with Gasteiger partial charge >= 0.3 is 0 Å². The summed E-state index contributed by atoms with van der Waals surface area (Å²) in [4.78, 5) is 0. The van der Waals surface area contributed by atoms with Gasteiger partial charge in [-0.15, -0.1) is 0 Å². The predicted octanol–water partition coefficient (Wildman–Crippen LogP) is 2.20. The molecule has 0 amide bonds. The zero-order valence-electron chi connectivity index (χ0n) is 8.44. The molecule has 0 saturated carbocycles. The SMILES string of the molecule is Cn1nccc1-c1cc(Cl)ccc1CN. The van der Waals surface area contributed by atoms with Gasteiger partial charge in [-0.3, -0.25) is 4.68 Å². The van der Waals surface area contributed by atoms with Crippen molar-refractivity contribution >= 4 is 11.6 Å². The molecule has 2 rings (SSSR count). The highest BCUT2D eigenvalue weighted by Gasteiger charge is 2.07. The average Bonchev–Trinajstić information content (AvgIpc) is 2.64. The van der Waals surface area contributed by atoms with E-state index in [1.807, 2.05) is 36.0 Å². The molecular weight excluding hydrogens is 210 g/mol. The third-order valence-electron chi connectivity index (χ3n) is 2.39. The van der Waals surface area contributed by atoms with Crippen molar-refractivity contribution in [3.8, 4) is 11.3 Å². The molecule has 78 valence electrons. The van der Waals surface area contributed by atoms with Crippen LogP contribution in [-0.4, -0.2) is 9.78 Å². The second kappa shape index (κ2) is 4.04. The van der Waals surface area contributed by atoms with Gasteiger partial charge in [0.2, 0.25) is 0 Å².